The summed E-state index contributed by atoms with van der Waals surface area (Å²) in [5.74, 6) is 0.509. The van der Waals surface area contributed by atoms with Gasteiger partial charge in [0.05, 0.1) is 22.3 Å². The predicted octanol–water partition coefficient (Wildman–Crippen LogP) is 3.17. The number of hydrogen-bond acceptors (Lipinski definition) is 5. The SMILES string of the molecule is Cc1scnc1C1=C(Br)C(=O)c2cc(OCCO)ccc21. The molecule has 0 unspecified atom stereocenters. The van der Waals surface area contributed by atoms with Gasteiger partial charge < -0.3 is 9.84 Å². The lowest BCUT2D eigenvalue weighted by molar-refractivity contribution is 0.104. The molecular weight excluding hydrogens is 354 g/mol. The Morgan fingerprint density at radius 1 is 1.38 bits per heavy atom. The van der Waals surface area contributed by atoms with Gasteiger partial charge in [-0.3, -0.25) is 4.79 Å². The van der Waals surface area contributed by atoms with Gasteiger partial charge in [-0.1, -0.05) is 0 Å². The molecule has 0 fully saturated rings. The molecule has 1 heterocycles. The molecule has 2 aromatic rings. The molecule has 1 aliphatic carbocycles. The Labute approximate surface area is 134 Å². The summed E-state index contributed by atoms with van der Waals surface area (Å²) in [5.41, 5.74) is 4.90. The van der Waals surface area contributed by atoms with E-state index in [1.54, 1.807) is 29.0 Å². The fourth-order valence-corrected chi connectivity index (χ4v) is 3.51. The van der Waals surface area contributed by atoms with Crippen molar-refractivity contribution < 1.29 is 14.6 Å². The third-order valence-corrected chi connectivity index (χ3v) is 4.78. The molecule has 0 amide bonds. The smallest absolute Gasteiger partial charge is 0.201 e. The van der Waals surface area contributed by atoms with Gasteiger partial charge in [0.15, 0.2) is 0 Å². The van der Waals surface area contributed by atoms with Crippen molar-refractivity contribution in [3.63, 3.8) is 0 Å². The van der Waals surface area contributed by atoms with E-state index in [4.69, 9.17) is 9.84 Å². The zero-order valence-corrected chi connectivity index (χ0v) is 13.6. The normalized spacial score (nSPS) is 13.8. The van der Waals surface area contributed by atoms with E-state index in [0.717, 1.165) is 21.7 Å². The molecule has 6 heteroatoms. The Bertz CT molecular complexity index is 751. The summed E-state index contributed by atoms with van der Waals surface area (Å²) < 4.78 is 5.90. The minimum absolute atomic E-state index is 0.0593. The fraction of sp³-hybridized carbons (Fsp3) is 0.200. The van der Waals surface area contributed by atoms with Crippen LogP contribution in [0, 0.1) is 6.92 Å². The molecule has 21 heavy (non-hydrogen) atoms. The van der Waals surface area contributed by atoms with E-state index in [0.29, 0.717) is 15.8 Å². The average Bonchev–Trinajstić information content (AvgIpc) is 3.00. The number of rotatable bonds is 4. The molecule has 0 aliphatic heterocycles. The first-order valence-corrected chi connectivity index (χ1v) is 8.03. The van der Waals surface area contributed by atoms with Crippen LogP contribution in [0.3, 0.4) is 0 Å². The van der Waals surface area contributed by atoms with Crippen molar-refractivity contribution in [2.75, 3.05) is 13.2 Å². The maximum atomic E-state index is 12.4. The summed E-state index contributed by atoms with van der Waals surface area (Å²) in [5, 5.41) is 8.80. The van der Waals surface area contributed by atoms with Crippen molar-refractivity contribution in [2.45, 2.75) is 6.92 Å². The number of halogens is 1. The maximum absolute atomic E-state index is 12.4. The van der Waals surface area contributed by atoms with Crippen LogP contribution in [-0.4, -0.2) is 29.1 Å². The van der Waals surface area contributed by atoms with Crippen molar-refractivity contribution in [3.05, 3.63) is 49.9 Å². The molecular formula is C15H12BrNO3S. The average molecular weight is 366 g/mol. The van der Waals surface area contributed by atoms with Gasteiger partial charge in [0.2, 0.25) is 5.78 Å². The molecule has 0 saturated heterocycles. The lowest BCUT2D eigenvalue weighted by Crippen LogP contribution is -2.03. The highest BCUT2D eigenvalue weighted by Crippen LogP contribution is 2.42. The first-order chi connectivity index (χ1) is 10.1. The van der Waals surface area contributed by atoms with E-state index in [9.17, 15) is 4.79 Å². The van der Waals surface area contributed by atoms with Crippen LogP contribution in [0.4, 0.5) is 0 Å². The Hall–Kier alpha value is -1.50. The zero-order chi connectivity index (χ0) is 15.0. The number of aliphatic hydroxyl groups is 1. The lowest BCUT2D eigenvalue weighted by Gasteiger charge is -2.07. The molecule has 1 aromatic carbocycles. The van der Waals surface area contributed by atoms with Gasteiger partial charge in [-0.05, 0) is 46.6 Å². The zero-order valence-electron chi connectivity index (χ0n) is 11.2. The summed E-state index contributed by atoms with van der Waals surface area (Å²) in [6, 6.07) is 5.38. The van der Waals surface area contributed by atoms with Crippen molar-refractivity contribution >= 4 is 38.6 Å². The first-order valence-electron chi connectivity index (χ1n) is 6.36. The van der Waals surface area contributed by atoms with E-state index in [1.807, 2.05) is 13.0 Å². The summed E-state index contributed by atoms with van der Waals surface area (Å²) in [4.78, 5) is 17.8. The number of aromatic nitrogens is 1. The Kier molecular flexibility index (Phi) is 3.93. The van der Waals surface area contributed by atoms with Gasteiger partial charge >= 0.3 is 0 Å². The number of thiazole rings is 1. The van der Waals surface area contributed by atoms with Crippen LogP contribution in [0.5, 0.6) is 5.75 Å². The number of ketones is 1. The van der Waals surface area contributed by atoms with Crippen molar-refractivity contribution in [1.82, 2.24) is 4.98 Å². The number of aliphatic hydroxyl groups excluding tert-OH is 1. The second-order valence-electron chi connectivity index (χ2n) is 4.55. The van der Waals surface area contributed by atoms with E-state index in [-0.39, 0.29) is 19.0 Å². The third kappa shape index (κ3) is 2.43. The van der Waals surface area contributed by atoms with Crippen LogP contribution in [0.15, 0.2) is 28.2 Å². The fourth-order valence-electron chi connectivity index (χ4n) is 2.31. The van der Waals surface area contributed by atoms with Gasteiger partial charge in [-0.2, -0.15) is 0 Å². The number of nitrogens with zero attached hydrogens (tertiary/aromatic N) is 1. The highest BCUT2D eigenvalue weighted by Gasteiger charge is 2.31. The molecule has 0 bridgehead atoms. The summed E-state index contributed by atoms with van der Waals surface area (Å²) in [6.45, 7) is 2.14. The molecule has 1 aliphatic rings. The molecule has 3 rings (SSSR count). The second kappa shape index (κ2) is 5.71. The highest BCUT2D eigenvalue weighted by atomic mass is 79.9. The number of hydrogen-bond donors (Lipinski definition) is 1. The van der Waals surface area contributed by atoms with Crippen LogP contribution in [0.2, 0.25) is 0 Å². The maximum Gasteiger partial charge on any atom is 0.201 e. The van der Waals surface area contributed by atoms with E-state index >= 15 is 0 Å². The largest absolute Gasteiger partial charge is 0.491 e. The monoisotopic (exact) mass is 365 g/mol. The highest BCUT2D eigenvalue weighted by molar-refractivity contribution is 9.12. The number of benzene rings is 1. The first kappa shape index (κ1) is 14.4. The number of Topliss-reactive ketones (excluding diaryl/α,β-unsaturated/α-hetero) is 1. The van der Waals surface area contributed by atoms with Gasteiger partial charge in [0, 0.05) is 16.0 Å². The number of allylic oxidation sites excluding steroid dienone is 1. The molecule has 0 radical (unpaired) electrons. The topological polar surface area (TPSA) is 59.4 Å². The molecule has 0 atom stereocenters. The summed E-state index contributed by atoms with van der Waals surface area (Å²) >= 11 is 4.95. The number of carbonyl (C=O) groups is 1. The molecule has 0 saturated carbocycles. The van der Waals surface area contributed by atoms with Crippen LogP contribution in [0.25, 0.3) is 5.57 Å². The van der Waals surface area contributed by atoms with Crippen molar-refractivity contribution in [2.24, 2.45) is 0 Å². The van der Waals surface area contributed by atoms with Gasteiger partial charge in [0.1, 0.15) is 12.4 Å². The Morgan fingerprint density at radius 3 is 2.86 bits per heavy atom. The van der Waals surface area contributed by atoms with Crippen molar-refractivity contribution in [3.8, 4) is 5.75 Å². The standard InChI is InChI=1S/C15H12BrNO3S/c1-8-14(17-7-21-8)12-10-3-2-9(20-5-4-18)6-11(10)15(19)13(12)16/h2-3,6-7,18H,4-5H2,1H3. The number of aryl methyl sites for hydroxylation is 1. The molecule has 1 N–H and O–H groups in total. The van der Waals surface area contributed by atoms with E-state index < -0.39 is 0 Å². The molecule has 1 aromatic heterocycles. The van der Waals surface area contributed by atoms with Crippen LogP contribution < -0.4 is 4.74 Å². The minimum atomic E-state index is -0.0677. The quantitative estimate of drug-likeness (QED) is 0.903. The molecule has 4 nitrogen and oxygen atoms in total. The van der Waals surface area contributed by atoms with Gasteiger partial charge in [0.25, 0.3) is 0 Å². The molecule has 0 spiro atoms. The minimum Gasteiger partial charge on any atom is -0.491 e. The Morgan fingerprint density at radius 2 is 2.19 bits per heavy atom. The third-order valence-electron chi connectivity index (χ3n) is 3.27. The second-order valence-corrected chi connectivity index (χ2v) is 6.41. The van der Waals surface area contributed by atoms with Crippen molar-refractivity contribution in [1.29, 1.82) is 0 Å². The van der Waals surface area contributed by atoms with Gasteiger partial charge in [-0.15, -0.1) is 11.3 Å². The van der Waals surface area contributed by atoms with Gasteiger partial charge in [-0.25, -0.2) is 4.98 Å². The summed E-state index contributed by atoms with van der Waals surface area (Å²) in [6.07, 6.45) is 0. The van der Waals surface area contributed by atoms with E-state index in [1.165, 1.54) is 0 Å². The number of fused-ring (bicyclic) bond motifs is 1. The summed E-state index contributed by atoms with van der Waals surface area (Å²) in [7, 11) is 0. The number of carbonyl (C=O) groups excluding carboxylic acids is 1. The lowest BCUT2D eigenvalue weighted by atomic mass is 10.0. The Balaban J connectivity index is 2.07. The van der Waals surface area contributed by atoms with E-state index in [2.05, 4.69) is 20.9 Å². The van der Waals surface area contributed by atoms with Crippen LogP contribution >= 0.6 is 27.3 Å². The predicted molar refractivity (Wildman–Crippen MR) is 85.2 cm³/mol. The number of ether oxygens (including phenoxy) is 1. The molecule has 108 valence electrons. The van der Waals surface area contributed by atoms with Crippen LogP contribution in [-0.2, 0) is 0 Å². The van der Waals surface area contributed by atoms with Crippen LogP contribution in [0.1, 0.15) is 26.5 Å².